The van der Waals surface area contributed by atoms with Gasteiger partial charge in [0.1, 0.15) is 0 Å². The van der Waals surface area contributed by atoms with E-state index in [4.69, 9.17) is 0 Å². The molecule has 0 aromatic heterocycles. The first-order valence-corrected chi connectivity index (χ1v) is 5.21. The Bertz CT molecular complexity index is 212. The van der Waals surface area contributed by atoms with Crippen LogP contribution in [-0.2, 0) is 4.79 Å². The predicted molar refractivity (Wildman–Crippen MR) is 55.0 cm³/mol. The fraction of sp³-hybridized carbons (Fsp3) is 0.900. The molecule has 1 heterocycles. The summed E-state index contributed by atoms with van der Waals surface area (Å²) in [5.41, 5.74) is -0.613. The molecule has 0 aliphatic carbocycles. The average molecular weight is 200 g/mol. The maximum Gasteiger partial charge on any atom is 0.239 e. The number of aliphatic hydroxyl groups is 1. The number of likely N-dealkylation sites (tertiary alicyclic amines) is 1. The van der Waals surface area contributed by atoms with E-state index in [0.717, 1.165) is 12.8 Å². The molecule has 0 aromatic rings. The molecule has 1 unspecified atom stereocenters. The maximum absolute atomic E-state index is 11.6. The van der Waals surface area contributed by atoms with E-state index in [1.807, 2.05) is 13.8 Å². The third-order valence-electron chi connectivity index (χ3n) is 2.80. The Morgan fingerprint density at radius 2 is 2.21 bits per heavy atom. The zero-order valence-electron chi connectivity index (χ0n) is 9.21. The largest absolute Gasteiger partial charge is 0.386 e. The zero-order chi connectivity index (χ0) is 10.8. The van der Waals surface area contributed by atoms with Gasteiger partial charge in [-0.3, -0.25) is 4.79 Å². The van der Waals surface area contributed by atoms with E-state index in [9.17, 15) is 9.90 Å². The number of carbonyl (C=O) groups excluding carboxylic acids is 1. The van der Waals surface area contributed by atoms with Crippen molar-refractivity contribution < 1.29 is 9.90 Å². The summed E-state index contributed by atoms with van der Waals surface area (Å²) in [6.45, 7) is 4.86. The standard InChI is InChI=1S/C10H20N2O2/c1-4-5-10(14)6-12(7-10)9(13)8(2)11-3/h8,11,14H,4-7H2,1-3H3. The van der Waals surface area contributed by atoms with Gasteiger partial charge in [-0.05, 0) is 20.4 Å². The second kappa shape index (κ2) is 4.28. The lowest BCUT2D eigenvalue weighted by Gasteiger charge is -2.47. The average Bonchev–Trinajstić information content (AvgIpc) is 2.12. The van der Waals surface area contributed by atoms with Gasteiger partial charge in [0.25, 0.3) is 0 Å². The Balaban J connectivity index is 2.37. The molecule has 82 valence electrons. The van der Waals surface area contributed by atoms with Crippen molar-refractivity contribution in [3.8, 4) is 0 Å². The molecular weight excluding hydrogens is 180 g/mol. The Labute approximate surface area is 85.3 Å². The molecule has 14 heavy (non-hydrogen) atoms. The quantitative estimate of drug-likeness (QED) is 0.670. The van der Waals surface area contributed by atoms with Crippen LogP contribution >= 0.6 is 0 Å². The number of β-amino-alcohol motifs (C(OH)–C–C–N with tert-alkyl or cyclic N) is 1. The van der Waals surface area contributed by atoms with E-state index in [2.05, 4.69) is 5.32 Å². The number of rotatable bonds is 4. The summed E-state index contributed by atoms with van der Waals surface area (Å²) in [6.07, 6.45) is 1.74. The number of amides is 1. The molecule has 4 nitrogen and oxygen atoms in total. The maximum atomic E-state index is 11.6. The Morgan fingerprint density at radius 3 is 2.64 bits per heavy atom. The molecular formula is C10H20N2O2. The summed E-state index contributed by atoms with van der Waals surface area (Å²) in [4.78, 5) is 13.3. The minimum absolute atomic E-state index is 0.0771. The molecule has 1 rings (SSSR count). The SMILES string of the molecule is CCCC1(O)CN(C(=O)C(C)NC)C1. The van der Waals surface area contributed by atoms with Crippen molar-refractivity contribution >= 4 is 5.91 Å². The minimum atomic E-state index is -0.613. The van der Waals surface area contributed by atoms with Crippen LogP contribution < -0.4 is 5.32 Å². The van der Waals surface area contributed by atoms with Crippen LogP contribution in [0.15, 0.2) is 0 Å². The second-order valence-electron chi connectivity index (χ2n) is 4.18. The number of carbonyl (C=O) groups is 1. The lowest BCUT2D eigenvalue weighted by molar-refractivity contribution is -0.158. The monoisotopic (exact) mass is 200 g/mol. The molecule has 0 bridgehead atoms. The molecule has 0 aromatic carbocycles. The van der Waals surface area contributed by atoms with Gasteiger partial charge in [0, 0.05) is 0 Å². The van der Waals surface area contributed by atoms with Crippen LogP contribution in [0.25, 0.3) is 0 Å². The van der Waals surface area contributed by atoms with Crippen LogP contribution in [0.3, 0.4) is 0 Å². The van der Waals surface area contributed by atoms with E-state index in [1.165, 1.54) is 0 Å². The van der Waals surface area contributed by atoms with E-state index in [1.54, 1.807) is 11.9 Å². The van der Waals surface area contributed by atoms with E-state index in [-0.39, 0.29) is 11.9 Å². The Kier molecular flexibility index (Phi) is 3.50. The van der Waals surface area contributed by atoms with Gasteiger partial charge < -0.3 is 15.3 Å². The summed E-state index contributed by atoms with van der Waals surface area (Å²) in [5, 5.41) is 12.8. The minimum Gasteiger partial charge on any atom is -0.386 e. The van der Waals surface area contributed by atoms with Gasteiger partial charge in [-0.25, -0.2) is 0 Å². The molecule has 0 saturated carbocycles. The second-order valence-corrected chi connectivity index (χ2v) is 4.18. The summed E-state index contributed by atoms with van der Waals surface area (Å²) in [7, 11) is 1.76. The molecule has 2 N–H and O–H groups in total. The van der Waals surface area contributed by atoms with Crippen molar-refractivity contribution in [2.24, 2.45) is 0 Å². The number of likely N-dealkylation sites (N-methyl/N-ethyl adjacent to an activating group) is 1. The molecule has 0 radical (unpaired) electrons. The van der Waals surface area contributed by atoms with Gasteiger partial charge in [0.15, 0.2) is 0 Å². The highest BCUT2D eigenvalue weighted by Gasteiger charge is 2.43. The van der Waals surface area contributed by atoms with Crippen molar-refractivity contribution in [2.75, 3.05) is 20.1 Å². The molecule has 0 spiro atoms. The van der Waals surface area contributed by atoms with Crippen molar-refractivity contribution in [1.82, 2.24) is 10.2 Å². The number of nitrogens with zero attached hydrogens (tertiary/aromatic N) is 1. The lowest BCUT2D eigenvalue weighted by atomic mass is 9.89. The fourth-order valence-electron chi connectivity index (χ4n) is 1.84. The molecule has 1 saturated heterocycles. The van der Waals surface area contributed by atoms with Crippen molar-refractivity contribution in [2.45, 2.75) is 38.3 Å². The smallest absolute Gasteiger partial charge is 0.239 e. The first-order chi connectivity index (χ1) is 6.52. The fourth-order valence-corrected chi connectivity index (χ4v) is 1.84. The number of nitrogens with one attached hydrogen (secondary N) is 1. The summed E-state index contributed by atoms with van der Waals surface area (Å²) < 4.78 is 0. The highest BCUT2D eigenvalue weighted by molar-refractivity contribution is 5.82. The summed E-state index contributed by atoms with van der Waals surface area (Å²) in [6, 6.07) is -0.152. The van der Waals surface area contributed by atoms with Crippen molar-refractivity contribution in [1.29, 1.82) is 0 Å². The van der Waals surface area contributed by atoms with Crippen molar-refractivity contribution in [3.63, 3.8) is 0 Å². The van der Waals surface area contributed by atoms with E-state index in [0.29, 0.717) is 13.1 Å². The van der Waals surface area contributed by atoms with Crippen LogP contribution in [0.2, 0.25) is 0 Å². The van der Waals surface area contributed by atoms with Crippen LogP contribution in [0.4, 0.5) is 0 Å². The van der Waals surface area contributed by atoms with Gasteiger partial charge >= 0.3 is 0 Å². The molecule has 1 aliphatic rings. The van der Waals surface area contributed by atoms with Gasteiger partial charge in [-0.2, -0.15) is 0 Å². The predicted octanol–water partition coefficient (Wildman–Crippen LogP) is -0.0323. The van der Waals surface area contributed by atoms with Gasteiger partial charge in [0.2, 0.25) is 5.91 Å². The first-order valence-electron chi connectivity index (χ1n) is 5.21. The lowest BCUT2D eigenvalue weighted by Crippen LogP contribution is -2.65. The number of hydrogen-bond acceptors (Lipinski definition) is 3. The highest BCUT2D eigenvalue weighted by Crippen LogP contribution is 2.25. The third kappa shape index (κ3) is 2.25. The van der Waals surface area contributed by atoms with Crippen LogP contribution in [0.5, 0.6) is 0 Å². The highest BCUT2D eigenvalue weighted by atomic mass is 16.3. The topological polar surface area (TPSA) is 52.6 Å². The van der Waals surface area contributed by atoms with Crippen LogP contribution in [0, 0.1) is 0 Å². The van der Waals surface area contributed by atoms with Crippen molar-refractivity contribution in [3.05, 3.63) is 0 Å². The van der Waals surface area contributed by atoms with Crippen LogP contribution in [0.1, 0.15) is 26.7 Å². The van der Waals surface area contributed by atoms with Crippen LogP contribution in [-0.4, -0.2) is 47.7 Å². The first kappa shape index (κ1) is 11.5. The van der Waals surface area contributed by atoms with Gasteiger partial charge in [0.05, 0.1) is 24.7 Å². The molecule has 1 aliphatic heterocycles. The number of hydrogen-bond donors (Lipinski definition) is 2. The summed E-state index contributed by atoms with van der Waals surface area (Å²) >= 11 is 0. The Hall–Kier alpha value is -0.610. The zero-order valence-corrected chi connectivity index (χ0v) is 9.21. The molecule has 1 amide bonds. The summed E-state index contributed by atoms with van der Waals surface area (Å²) in [5.74, 6) is 0.0771. The van der Waals surface area contributed by atoms with Gasteiger partial charge in [-0.15, -0.1) is 0 Å². The Morgan fingerprint density at radius 1 is 1.64 bits per heavy atom. The van der Waals surface area contributed by atoms with Gasteiger partial charge in [-0.1, -0.05) is 13.3 Å². The molecule has 1 atom stereocenters. The molecule has 1 fully saturated rings. The normalized spacial score (nSPS) is 21.6. The van der Waals surface area contributed by atoms with E-state index < -0.39 is 5.60 Å². The third-order valence-corrected chi connectivity index (χ3v) is 2.80. The van der Waals surface area contributed by atoms with E-state index >= 15 is 0 Å². The molecule has 4 heteroatoms.